The van der Waals surface area contributed by atoms with E-state index >= 15 is 0 Å². The second kappa shape index (κ2) is 9.64. The molecule has 2 amide bonds. The number of hydrogen-bond acceptors (Lipinski definition) is 3. The van der Waals surface area contributed by atoms with Gasteiger partial charge in [0.15, 0.2) is 0 Å². The lowest BCUT2D eigenvalue weighted by atomic mass is 10.1. The Kier molecular flexibility index (Phi) is 6.50. The van der Waals surface area contributed by atoms with Crippen molar-refractivity contribution in [1.82, 2.24) is 5.32 Å². The molecule has 6 heteroatoms. The molecule has 1 heterocycles. The fourth-order valence-corrected chi connectivity index (χ4v) is 3.96. The molecule has 5 nitrogen and oxygen atoms in total. The summed E-state index contributed by atoms with van der Waals surface area (Å²) in [4.78, 5) is 28.0. The van der Waals surface area contributed by atoms with E-state index in [-0.39, 0.29) is 17.5 Å². The first-order valence-electron chi connectivity index (χ1n) is 10.8. The Morgan fingerprint density at radius 2 is 1.66 bits per heavy atom. The number of halogens is 1. The Labute approximate surface area is 187 Å². The summed E-state index contributed by atoms with van der Waals surface area (Å²) in [6.45, 7) is 3.73. The molecular formula is C26H26FN3O2. The second-order valence-electron chi connectivity index (χ2n) is 8.00. The molecule has 3 aromatic carbocycles. The van der Waals surface area contributed by atoms with Gasteiger partial charge in [0.2, 0.25) is 0 Å². The highest BCUT2D eigenvalue weighted by atomic mass is 19.1. The van der Waals surface area contributed by atoms with Gasteiger partial charge in [0.1, 0.15) is 5.82 Å². The molecule has 164 valence electrons. The number of hydrogen-bond donors (Lipinski definition) is 2. The zero-order valence-electron chi connectivity index (χ0n) is 18.0. The fourth-order valence-electron chi connectivity index (χ4n) is 3.96. The Balaban J connectivity index is 1.59. The summed E-state index contributed by atoms with van der Waals surface area (Å²) in [5, 5.41) is 5.85. The van der Waals surface area contributed by atoms with Crippen molar-refractivity contribution in [3.05, 3.63) is 95.3 Å². The normalized spacial score (nSPS) is 14.1. The van der Waals surface area contributed by atoms with Crippen LogP contribution in [-0.4, -0.2) is 24.9 Å². The molecule has 4 rings (SSSR count). The van der Waals surface area contributed by atoms with E-state index in [1.807, 2.05) is 43.3 Å². The highest BCUT2D eigenvalue weighted by Crippen LogP contribution is 2.28. The summed E-state index contributed by atoms with van der Waals surface area (Å²) < 4.78 is 13.5. The van der Waals surface area contributed by atoms with E-state index < -0.39 is 11.7 Å². The van der Waals surface area contributed by atoms with E-state index in [4.69, 9.17) is 0 Å². The molecule has 1 aliphatic heterocycles. The molecule has 0 aliphatic carbocycles. The van der Waals surface area contributed by atoms with Crippen LogP contribution in [0.25, 0.3) is 0 Å². The van der Waals surface area contributed by atoms with Crippen LogP contribution in [0.2, 0.25) is 0 Å². The van der Waals surface area contributed by atoms with Crippen molar-refractivity contribution in [2.45, 2.75) is 25.8 Å². The molecule has 1 aliphatic rings. The van der Waals surface area contributed by atoms with Crippen LogP contribution in [0.5, 0.6) is 0 Å². The number of anilines is 2. The van der Waals surface area contributed by atoms with Crippen molar-refractivity contribution in [2.75, 3.05) is 23.3 Å². The van der Waals surface area contributed by atoms with E-state index in [0.29, 0.717) is 11.3 Å². The number of amides is 2. The molecule has 3 aromatic rings. The van der Waals surface area contributed by atoms with Gasteiger partial charge in [-0.1, -0.05) is 36.4 Å². The standard InChI is InChI=1S/C26H26FN3O2/c1-18(19-8-3-2-4-9-19)28-26(32)23-17-22(12-13-24(23)30-14-5-6-15-30)29-25(31)20-10-7-11-21(27)16-20/h2-4,7-13,16-18H,5-6,14-15H2,1H3,(H,28,32)(H,29,31). The molecule has 0 saturated carbocycles. The molecule has 0 radical (unpaired) electrons. The zero-order valence-corrected chi connectivity index (χ0v) is 18.0. The topological polar surface area (TPSA) is 61.4 Å². The Morgan fingerprint density at radius 1 is 0.906 bits per heavy atom. The number of carbonyl (C=O) groups is 2. The summed E-state index contributed by atoms with van der Waals surface area (Å²) in [6.07, 6.45) is 2.17. The number of nitrogens with zero attached hydrogens (tertiary/aromatic N) is 1. The van der Waals surface area contributed by atoms with Crippen molar-refractivity contribution in [2.24, 2.45) is 0 Å². The highest BCUT2D eigenvalue weighted by molar-refractivity contribution is 6.06. The van der Waals surface area contributed by atoms with Crippen molar-refractivity contribution in [1.29, 1.82) is 0 Å². The average molecular weight is 432 g/mol. The van der Waals surface area contributed by atoms with Gasteiger partial charge in [-0.15, -0.1) is 0 Å². The third-order valence-electron chi connectivity index (χ3n) is 5.68. The van der Waals surface area contributed by atoms with Crippen molar-refractivity contribution in [3.63, 3.8) is 0 Å². The number of carbonyl (C=O) groups excluding carboxylic acids is 2. The van der Waals surface area contributed by atoms with E-state index in [2.05, 4.69) is 15.5 Å². The monoisotopic (exact) mass is 431 g/mol. The van der Waals surface area contributed by atoms with Gasteiger partial charge in [0.05, 0.1) is 11.6 Å². The summed E-state index contributed by atoms with van der Waals surface area (Å²) in [5.74, 6) is -1.11. The number of nitrogens with one attached hydrogen (secondary N) is 2. The molecule has 1 fully saturated rings. The van der Waals surface area contributed by atoms with Crippen LogP contribution in [-0.2, 0) is 0 Å². The molecule has 1 atom stereocenters. The third kappa shape index (κ3) is 4.97. The Hall–Kier alpha value is -3.67. The molecule has 0 spiro atoms. The van der Waals surface area contributed by atoms with E-state index in [1.165, 1.54) is 18.2 Å². The fraction of sp³-hybridized carbons (Fsp3) is 0.231. The van der Waals surface area contributed by atoms with Crippen LogP contribution in [0.1, 0.15) is 52.1 Å². The predicted octanol–water partition coefficient (Wildman–Crippen LogP) is 5.17. The van der Waals surface area contributed by atoms with Gasteiger partial charge in [-0.2, -0.15) is 0 Å². The van der Waals surface area contributed by atoms with Gasteiger partial charge in [-0.3, -0.25) is 9.59 Å². The van der Waals surface area contributed by atoms with Gasteiger partial charge in [-0.25, -0.2) is 4.39 Å². The first-order valence-corrected chi connectivity index (χ1v) is 10.8. The van der Waals surface area contributed by atoms with E-state index in [9.17, 15) is 14.0 Å². The van der Waals surface area contributed by atoms with E-state index in [0.717, 1.165) is 37.2 Å². The average Bonchev–Trinajstić information content (AvgIpc) is 3.34. The van der Waals surface area contributed by atoms with Crippen LogP contribution in [0.4, 0.5) is 15.8 Å². The van der Waals surface area contributed by atoms with Crippen molar-refractivity contribution in [3.8, 4) is 0 Å². The minimum atomic E-state index is -0.475. The quantitative estimate of drug-likeness (QED) is 0.566. The van der Waals surface area contributed by atoms with Gasteiger partial charge < -0.3 is 15.5 Å². The molecular weight excluding hydrogens is 405 g/mol. The van der Waals surface area contributed by atoms with Crippen LogP contribution >= 0.6 is 0 Å². The maximum Gasteiger partial charge on any atom is 0.255 e. The minimum Gasteiger partial charge on any atom is -0.371 e. The van der Waals surface area contributed by atoms with Gasteiger partial charge >= 0.3 is 0 Å². The van der Waals surface area contributed by atoms with Gasteiger partial charge in [0.25, 0.3) is 11.8 Å². The summed E-state index contributed by atoms with van der Waals surface area (Å²) in [7, 11) is 0. The zero-order chi connectivity index (χ0) is 22.5. The maximum atomic E-state index is 13.5. The smallest absolute Gasteiger partial charge is 0.255 e. The lowest BCUT2D eigenvalue weighted by Gasteiger charge is -2.23. The van der Waals surface area contributed by atoms with Gasteiger partial charge in [-0.05, 0) is 61.7 Å². The van der Waals surface area contributed by atoms with E-state index in [1.54, 1.807) is 18.2 Å². The van der Waals surface area contributed by atoms with Crippen LogP contribution in [0.3, 0.4) is 0 Å². The molecule has 0 bridgehead atoms. The molecule has 1 unspecified atom stereocenters. The van der Waals surface area contributed by atoms with Crippen LogP contribution in [0.15, 0.2) is 72.8 Å². The lowest BCUT2D eigenvalue weighted by molar-refractivity contribution is 0.0939. The third-order valence-corrected chi connectivity index (χ3v) is 5.68. The molecule has 2 N–H and O–H groups in total. The summed E-state index contributed by atoms with van der Waals surface area (Å²) in [5.41, 5.74) is 3.08. The lowest BCUT2D eigenvalue weighted by Crippen LogP contribution is -2.29. The van der Waals surface area contributed by atoms with Crippen LogP contribution in [0, 0.1) is 5.82 Å². The van der Waals surface area contributed by atoms with Crippen molar-refractivity contribution >= 4 is 23.2 Å². The minimum absolute atomic E-state index is 0.166. The maximum absolute atomic E-state index is 13.5. The Morgan fingerprint density at radius 3 is 2.38 bits per heavy atom. The highest BCUT2D eigenvalue weighted by Gasteiger charge is 2.22. The molecule has 32 heavy (non-hydrogen) atoms. The second-order valence-corrected chi connectivity index (χ2v) is 8.00. The summed E-state index contributed by atoms with van der Waals surface area (Å²) in [6, 6.07) is 20.5. The molecule has 0 aromatic heterocycles. The largest absolute Gasteiger partial charge is 0.371 e. The SMILES string of the molecule is CC(NC(=O)c1cc(NC(=O)c2cccc(F)c2)ccc1N1CCCC1)c1ccccc1. The Bertz CT molecular complexity index is 1110. The van der Waals surface area contributed by atoms with Crippen LogP contribution < -0.4 is 15.5 Å². The first-order chi connectivity index (χ1) is 15.5. The number of benzene rings is 3. The number of rotatable bonds is 6. The molecule has 1 saturated heterocycles. The van der Waals surface area contributed by atoms with Gasteiger partial charge in [0, 0.05) is 30.0 Å². The first kappa shape index (κ1) is 21.6. The predicted molar refractivity (Wildman–Crippen MR) is 125 cm³/mol. The van der Waals surface area contributed by atoms with Crippen molar-refractivity contribution < 1.29 is 14.0 Å². The summed E-state index contributed by atoms with van der Waals surface area (Å²) >= 11 is 0.